The summed E-state index contributed by atoms with van der Waals surface area (Å²) in [5.74, 6) is 0.0404. The number of sulfonamides is 1. The Morgan fingerprint density at radius 3 is 1.71 bits per heavy atom. The number of phosphoric acid groups is 1. The molecule has 0 fully saturated rings. The van der Waals surface area contributed by atoms with Crippen molar-refractivity contribution in [2.75, 3.05) is 53.8 Å². The number of quaternary nitrogens is 1. The van der Waals surface area contributed by atoms with Gasteiger partial charge in [0.1, 0.15) is 12.6 Å². The Kier molecular flexibility index (Phi) is 21.6. The van der Waals surface area contributed by atoms with Gasteiger partial charge in [0.15, 0.2) is 0 Å². The fraction of sp³-hybridized carbons (Fsp3) is 1.00. The summed E-state index contributed by atoms with van der Waals surface area (Å²) in [6, 6.07) is -0.171. The quantitative estimate of drug-likeness (QED) is 0.0648. The number of rotatable bonds is 27. The van der Waals surface area contributed by atoms with Crippen LogP contribution in [0.3, 0.4) is 0 Å². The summed E-state index contributed by atoms with van der Waals surface area (Å²) >= 11 is 0. The summed E-state index contributed by atoms with van der Waals surface area (Å²) < 4.78 is 48.0. The molecule has 3 N–H and O–H groups in total. The lowest BCUT2D eigenvalue weighted by Crippen LogP contribution is -2.49. The minimum absolute atomic E-state index is 0.0404. The van der Waals surface area contributed by atoms with E-state index in [0.29, 0.717) is 37.1 Å². The Bertz CT molecular complexity index is 711. The van der Waals surface area contributed by atoms with Gasteiger partial charge < -0.3 is 19.0 Å². The Labute approximate surface area is 234 Å². The lowest BCUT2D eigenvalue weighted by atomic mass is 9.96. The van der Waals surface area contributed by atoms with Crippen LogP contribution >= 0.6 is 7.82 Å². The summed E-state index contributed by atoms with van der Waals surface area (Å²) in [4.78, 5) is 18.3. The normalized spacial score (nSPS) is 14.6. The molecule has 11 heteroatoms. The van der Waals surface area contributed by atoms with Crippen molar-refractivity contribution in [2.24, 2.45) is 5.92 Å². The number of nitrogens with one attached hydrogen (secondary N) is 1. The molecule has 0 saturated carbocycles. The molecule has 38 heavy (non-hydrogen) atoms. The van der Waals surface area contributed by atoms with E-state index in [4.69, 9.17) is 19.0 Å². The highest BCUT2D eigenvalue weighted by Gasteiger charge is 2.30. The molecule has 0 aromatic carbocycles. The van der Waals surface area contributed by atoms with Crippen molar-refractivity contribution < 1.29 is 36.5 Å². The van der Waals surface area contributed by atoms with Gasteiger partial charge in [-0.25, -0.2) is 17.7 Å². The molecule has 0 radical (unpaired) electrons. The van der Waals surface area contributed by atoms with Crippen molar-refractivity contribution in [2.45, 2.75) is 116 Å². The van der Waals surface area contributed by atoms with Crippen molar-refractivity contribution in [1.82, 2.24) is 4.72 Å². The van der Waals surface area contributed by atoms with E-state index in [0.717, 1.165) is 19.1 Å². The monoisotopic (exact) mass is 587 g/mol. The van der Waals surface area contributed by atoms with Crippen molar-refractivity contribution in [3.63, 3.8) is 0 Å². The van der Waals surface area contributed by atoms with Gasteiger partial charge in [0.2, 0.25) is 10.0 Å². The Morgan fingerprint density at radius 1 is 0.816 bits per heavy atom. The van der Waals surface area contributed by atoms with E-state index in [-0.39, 0.29) is 18.6 Å². The van der Waals surface area contributed by atoms with Gasteiger partial charge in [-0.1, -0.05) is 90.4 Å². The maximum Gasteiger partial charge on any atom is 0.469 e. The van der Waals surface area contributed by atoms with E-state index in [1.807, 2.05) is 21.1 Å². The van der Waals surface area contributed by atoms with Gasteiger partial charge in [-0.05, 0) is 18.8 Å². The first-order chi connectivity index (χ1) is 17.7. The van der Waals surface area contributed by atoms with E-state index >= 15 is 0 Å². The van der Waals surface area contributed by atoms with Crippen LogP contribution in [-0.2, 0) is 23.8 Å². The summed E-state index contributed by atoms with van der Waals surface area (Å²) in [7, 11) is -1.98. The maximum atomic E-state index is 11.5. The van der Waals surface area contributed by atoms with E-state index < -0.39 is 17.8 Å². The van der Waals surface area contributed by atoms with Crippen LogP contribution in [0.5, 0.6) is 0 Å². The topological polar surface area (TPSA) is 122 Å². The van der Waals surface area contributed by atoms with Gasteiger partial charge in [-0.2, -0.15) is 0 Å². The van der Waals surface area contributed by atoms with Gasteiger partial charge in [0.25, 0.3) is 0 Å². The zero-order chi connectivity index (χ0) is 28.9. The van der Waals surface area contributed by atoms with Gasteiger partial charge >= 0.3 is 7.82 Å². The van der Waals surface area contributed by atoms with Crippen LogP contribution in [0.1, 0.15) is 110 Å². The fourth-order valence-electron chi connectivity index (χ4n) is 4.54. The minimum atomic E-state index is -4.56. The number of unbranched alkanes of at least 4 members (excludes halogenated alkanes) is 13. The van der Waals surface area contributed by atoms with Crippen LogP contribution in [0.2, 0.25) is 0 Å². The van der Waals surface area contributed by atoms with Gasteiger partial charge in [-0.3, -0.25) is 4.52 Å². The number of hydrogen-bond donors (Lipinski definition) is 3. The average Bonchev–Trinajstić information content (AvgIpc) is 2.78. The summed E-state index contributed by atoms with van der Waals surface area (Å²) in [5.41, 5.74) is 0. The SMILES string of the molecule is CCCCCCCCCCCCCCCCOCC(CCNS(C)(=O)=O)CC(COP(=O)(O)O)[N+](C)(C)C. The third-order valence-corrected chi connectivity index (χ3v) is 8.26. The molecule has 0 bridgehead atoms. The molecule has 9 nitrogen and oxygen atoms in total. The zero-order valence-electron chi connectivity index (χ0n) is 25.0. The first kappa shape index (κ1) is 37.9. The Morgan fingerprint density at radius 2 is 1.29 bits per heavy atom. The molecule has 0 rings (SSSR count). The minimum Gasteiger partial charge on any atom is -0.381 e. The predicted molar refractivity (Wildman–Crippen MR) is 157 cm³/mol. The second kappa shape index (κ2) is 21.7. The first-order valence-electron chi connectivity index (χ1n) is 14.8. The highest BCUT2D eigenvalue weighted by molar-refractivity contribution is 7.88. The molecule has 0 spiro atoms. The molecule has 0 heterocycles. The van der Waals surface area contributed by atoms with Crippen molar-refractivity contribution in [1.29, 1.82) is 0 Å². The molecule has 2 unspecified atom stereocenters. The van der Waals surface area contributed by atoms with E-state index in [1.54, 1.807) is 0 Å². The first-order valence-corrected chi connectivity index (χ1v) is 18.2. The van der Waals surface area contributed by atoms with Crippen LogP contribution < -0.4 is 4.72 Å². The summed E-state index contributed by atoms with van der Waals surface area (Å²) in [6.07, 6.45) is 20.6. The number of phosphoric ester groups is 1. The molecule has 0 amide bonds. The predicted octanol–water partition coefficient (Wildman–Crippen LogP) is 5.61. The van der Waals surface area contributed by atoms with Gasteiger partial charge in [-0.15, -0.1) is 0 Å². The standard InChI is InChI=1S/C27H59N2O7PS/c1-6-7-8-9-10-11-12-13-14-15-16-17-18-19-22-35-24-26(20-21-28-38(5,33)34)23-27(29(2,3)4)25-36-37(30,31)32/h26-28H,6-25H2,1-5H3,(H-,30,31,32)/p+1. The van der Waals surface area contributed by atoms with Crippen LogP contribution in [0.15, 0.2) is 0 Å². The summed E-state index contributed by atoms with van der Waals surface area (Å²) in [5, 5.41) is 0. The van der Waals surface area contributed by atoms with Crippen LogP contribution in [0.25, 0.3) is 0 Å². The molecule has 2 atom stereocenters. The van der Waals surface area contributed by atoms with Crippen molar-refractivity contribution in [3.05, 3.63) is 0 Å². The molecule has 0 aromatic rings. The molecular formula is C27H60N2O7PS+. The highest BCUT2D eigenvalue weighted by atomic mass is 32.2. The van der Waals surface area contributed by atoms with Crippen molar-refractivity contribution >= 4 is 17.8 Å². The number of nitrogens with zero attached hydrogens (tertiary/aromatic N) is 1. The van der Waals surface area contributed by atoms with Gasteiger partial charge in [0, 0.05) is 26.2 Å². The Hall–Kier alpha value is -0.0600. The molecule has 0 aliphatic rings. The summed E-state index contributed by atoms with van der Waals surface area (Å²) in [6.45, 7) is 3.63. The number of likely N-dealkylation sites (N-methyl/N-ethyl adjacent to an activating group) is 1. The zero-order valence-corrected chi connectivity index (χ0v) is 26.7. The molecule has 0 aliphatic carbocycles. The van der Waals surface area contributed by atoms with Crippen LogP contribution in [-0.4, -0.2) is 82.5 Å². The highest BCUT2D eigenvalue weighted by Crippen LogP contribution is 2.37. The van der Waals surface area contributed by atoms with E-state index in [2.05, 4.69) is 11.6 Å². The lowest BCUT2D eigenvalue weighted by molar-refractivity contribution is -0.897. The fourth-order valence-corrected chi connectivity index (χ4v) is 5.40. The molecule has 0 saturated heterocycles. The largest absolute Gasteiger partial charge is 0.469 e. The average molecular weight is 588 g/mol. The molecular weight excluding hydrogens is 527 g/mol. The Balaban J connectivity index is 4.23. The maximum absolute atomic E-state index is 11.5. The molecule has 0 aromatic heterocycles. The van der Waals surface area contributed by atoms with Crippen LogP contribution in [0.4, 0.5) is 0 Å². The van der Waals surface area contributed by atoms with E-state index in [9.17, 15) is 13.0 Å². The third kappa shape index (κ3) is 26.2. The lowest BCUT2D eigenvalue weighted by Gasteiger charge is -2.36. The van der Waals surface area contributed by atoms with Gasteiger partial charge in [0.05, 0.1) is 27.4 Å². The number of ether oxygens (including phenoxy) is 1. The third-order valence-electron chi connectivity index (χ3n) is 7.05. The van der Waals surface area contributed by atoms with E-state index in [1.165, 1.54) is 77.0 Å². The molecule has 0 aliphatic heterocycles. The van der Waals surface area contributed by atoms with Crippen LogP contribution in [0, 0.1) is 5.92 Å². The second-order valence-electron chi connectivity index (χ2n) is 11.8. The smallest absolute Gasteiger partial charge is 0.381 e. The second-order valence-corrected chi connectivity index (χ2v) is 14.9. The number of hydrogen-bond acceptors (Lipinski definition) is 5. The molecule has 230 valence electrons. The van der Waals surface area contributed by atoms with Crippen molar-refractivity contribution in [3.8, 4) is 0 Å².